The summed E-state index contributed by atoms with van der Waals surface area (Å²) in [5.41, 5.74) is 1.77. The average Bonchev–Trinajstić information content (AvgIpc) is 2.47. The zero-order valence-electron chi connectivity index (χ0n) is 12.3. The monoisotopic (exact) mass is 305 g/mol. The van der Waals surface area contributed by atoms with E-state index in [9.17, 15) is 8.42 Å². The SMILES string of the molecule is COc1ccc(C)cc1S(=O)(=O)N[C@@H](C)c1ccccc1. The molecule has 1 atom stereocenters. The Kier molecular flexibility index (Phi) is 4.65. The van der Waals surface area contributed by atoms with Gasteiger partial charge in [-0.05, 0) is 37.1 Å². The minimum Gasteiger partial charge on any atom is -0.495 e. The summed E-state index contributed by atoms with van der Waals surface area (Å²) in [4.78, 5) is 0.160. The van der Waals surface area contributed by atoms with Gasteiger partial charge in [-0.1, -0.05) is 36.4 Å². The van der Waals surface area contributed by atoms with Crippen LogP contribution in [0.2, 0.25) is 0 Å². The maximum Gasteiger partial charge on any atom is 0.244 e. The highest BCUT2D eigenvalue weighted by Gasteiger charge is 2.22. The van der Waals surface area contributed by atoms with Gasteiger partial charge in [0.15, 0.2) is 0 Å². The van der Waals surface area contributed by atoms with E-state index in [1.54, 1.807) is 12.1 Å². The molecule has 0 bridgehead atoms. The van der Waals surface area contributed by atoms with E-state index < -0.39 is 10.0 Å². The number of hydrogen-bond donors (Lipinski definition) is 1. The minimum atomic E-state index is -3.65. The van der Waals surface area contributed by atoms with Crippen molar-refractivity contribution in [3.8, 4) is 5.75 Å². The first-order valence-corrected chi connectivity index (χ1v) is 8.14. The molecule has 0 aliphatic heterocycles. The van der Waals surface area contributed by atoms with E-state index in [2.05, 4.69) is 4.72 Å². The van der Waals surface area contributed by atoms with Gasteiger partial charge in [-0.2, -0.15) is 0 Å². The molecule has 1 N–H and O–H groups in total. The van der Waals surface area contributed by atoms with Crippen molar-refractivity contribution < 1.29 is 13.2 Å². The molecule has 0 aliphatic carbocycles. The molecule has 112 valence electrons. The summed E-state index contributed by atoms with van der Waals surface area (Å²) < 4.78 is 33.0. The first-order valence-electron chi connectivity index (χ1n) is 6.66. The van der Waals surface area contributed by atoms with Crippen LogP contribution in [0.15, 0.2) is 53.4 Å². The third-order valence-corrected chi connectivity index (χ3v) is 4.80. The van der Waals surface area contributed by atoms with Crippen molar-refractivity contribution in [2.75, 3.05) is 7.11 Å². The van der Waals surface area contributed by atoms with Gasteiger partial charge in [0.2, 0.25) is 10.0 Å². The highest BCUT2D eigenvalue weighted by atomic mass is 32.2. The van der Waals surface area contributed by atoms with Crippen molar-refractivity contribution in [2.24, 2.45) is 0 Å². The molecule has 0 saturated carbocycles. The molecule has 0 aliphatic rings. The number of aryl methyl sites for hydroxylation is 1. The molecule has 5 heteroatoms. The summed E-state index contributed by atoms with van der Waals surface area (Å²) in [6.45, 7) is 3.66. The van der Waals surface area contributed by atoms with E-state index >= 15 is 0 Å². The van der Waals surface area contributed by atoms with Crippen LogP contribution in [0.4, 0.5) is 0 Å². The van der Waals surface area contributed by atoms with Crippen LogP contribution in [0.1, 0.15) is 24.1 Å². The average molecular weight is 305 g/mol. The first-order chi connectivity index (χ1) is 9.94. The van der Waals surface area contributed by atoms with Gasteiger partial charge in [0.05, 0.1) is 7.11 Å². The van der Waals surface area contributed by atoms with Crippen molar-refractivity contribution in [1.82, 2.24) is 4.72 Å². The molecule has 2 aromatic rings. The molecule has 0 radical (unpaired) electrons. The normalized spacial score (nSPS) is 12.9. The van der Waals surface area contributed by atoms with Crippen molar-refractivity contribution in [3.05, 3.63) is 59.7 Å². The number of sulfonamides is 1. The van der Waals surface area contributed by atoms with Crippen molar-refractivity contribution in [2.45, 2.75) is 24.8 Å². The Bertz CT molecular complexity index is 712. The number of ether oxygens (including phenoxy) is 1. The lowest BCUT2D eigenvalue weighted by atomic mass is 10.1. The summed E-state index contributed by atoms with van der Waals surface area (Å²) in [5, 5.41) is 0. The number of hydrogen-bond acceptors (Lipinski definition) is 3. The summed E-state index contributed by atoms with van der Waals surface area (Å²) in [6.07, 6.45) is 0. The molecule has 0 spiro atoms. The Balaban J connectivity index is 2.33. The van der Waals surface area contributed by atoms with Crippen LogP contribution in [0.5, 0.6) is 5.75 Å². The summed E-state index contributed by atoms with van der Waals surface area (Å²) in [6, 6.07) is 14.2. The fourth-order valence-corrected chi connectivity index (χ4v) is 3.59. The van der Waals surface area contributed by atoms with E-state index in [0.29, 0.717) is 5.75 Å². The van der Waals surface area contributed by atoms with E-state index in [0.717, 1.165) is 11.1 Å². The fourth-order valence-electron chi connectivity index (χ4n) is 2.10. The Hall–Kier alpha value is -1.85. The van der Waals surface area contributed by atoms with Gasteiger partial charge in [0, 0.05) is 6.04 Å². The number of rotatable bonds is 5. The third-order valence-electron chi connectivity index (χ3n) is 3.24. The number of benzene rings is 2. The zero-order valence-corrected chi connectivity index (χ0v) is 13.1. The van der Waals surface area contributed by atoms with Crippen molar-refractivity contribution >= 4 is 10.0 Å². The summed E-state index contributed by atoms with van der Waals surface area (Å²) >= 11 is 0. The second kappa shape index (κ2) is 6.28. The van der Waals surface area contributed by atoms with Crippen LogP contribution in [-0.4, -0.2) is 15.5 Å². The van der Waals surface area contributed by atoms with Crippen molar-refractivity contribution in [3.63, 3.8) is 0 Å². The van der Waals surface area contributed by atoms with Gasteiger partial charge >= 0.3 is 0 Å². The zero-order chi connectivity index (χ0) is 15.5. The first kappa shape index (κ1) is 15.5. The van der Waals surface area contributed by atoms with Crippen LogP contribution in [-0.2, 0) is 10.0 Å². The quantitative estimate of drug-likeness (QED) is 0.923. The molecule has 2 aromatic carbocycles. The largest absolute Gasteiger partial charge is 0.495 e. The molecule has 0 unspecified atom stereocenters. The third kappa shape index (κ3) is 3.62. The van der Waals surface area contributed by atoms with Gasteiger partial charge in [-0.3, -0.25) is 0 Å². The summed E-state index contributed by atoms with van der Waals surface area (Å²) in [7, 11) is -2.19. The maximum absolute atomic E-state index is 12.6. The van der Waals surface area contributed by atoms with E-state index in [1.807, 2.05) is 50.2 Å². The fraction of sp³-hybridized carbons (Fsp3) is 0.250. The lowest BCUT2D eigenvalue weighted by Crippen LogP contribution is -2.27. The molecule has 4 nitrogen and oxygen atoms in total. The molecule has 0 amide bonds. The molecule has 0 heterocycles. The summed E-state index contributed by atoms with van der Waals surface area (Å²) in [5.74, 6) is 0.341. The lowest BCUT2D eigenvalue weighted by molar-refractivity contribution is 0.402. The molecule has 2 rings (SSSR count). The van der Waals surface area contributed by atoms with Gasteiger partial charge in [-0.15, -0.1) is 0 Å². The minimum absolute atomic E-state index is 0.160. The molecule has 0 fully saturated rings. The Morgan fingerprint density at radius 1 is 1.10 bits per heavy atom. The van der Waals surface area contributed by atoms with Crippen LogP contribution in [0.25, 0.3) is 0 Å². The van der Waals surface area contributed by atoms with Crippen molar-refractivity contribution in [1.29, 1.82) is 0 Å². The highest BCUT2D eigenvalue weighted by molar-refractivity contribution is 7.89. The number of nitrogens with one attached hydrogen (secondary N) is 1. The van der Waals surface area contributed by atoms with Gasteiger partial charge in [0.1, 0.15) is 10.6 Å². The Morgan fingerprint density at radius 2 is 1.76 bits per heavy atom. The van der Waals surface area contributed by atoms with Crippen LogP contribution >= 0.6 is 0 Å². The Labute approximate surface area is 125 Å². The predicted octanol–water partition coefficient (Wildman–Crippen LogP) is 3.04. The van der Waals surface area contributed by atoms with E-state index in [4.69, 9.17) is 4.74 Å². The second-order valence-corrected chi connectivity index (χ2v) is 6.59. The van der Waals surface area contributed by atoms with Gasteiger partial charge in [-0.25, -0.2) is 13.1 Å². The van der Waals surface area contributed by atoms with E-state index in [-0.39, 0.29) is 10.9 Å². The Morgan fingerprint density at radius 3 is 2.38 bits per heavy atom. The molecule has 21 heavy (non-hydrogen) atoms. The van der Waals surface area contributed by atoms with Crippen LogP contribution < -0.4 is 9.46 Å². The smallest absolute Gasteiger partial charge is 0.244 e. The molecule has 0 aromatic heterocycles. The number of methoxy groups -OCH3 is 1. The highest BCUT2D eigenvalue weighted by Crippen LogP contribution is 2.26. The topological polar surface area (TPSA) is 55.4 Å². The predicted molar refractivity (Wildman–Crippen MR) is 82.9 cm³/mol. The van der Waals surface area contributed by atoms with Crippen LogP contribution in [0, 0.1) is 6.92 Å². The van der Waals surface area contributed by atoms with Gasteiger partial charge < -0.3 is 4.74 Å². The molecule has 0 saturated heterocycles. The van der Waals surface area contributed by atoms with Crippen LogP contribution in [0.3, 0.4) is 0 Å². The standard InChI is InChI=1S/C16H19NO3S/c1-12-9-10-15(20-3)16(11-12)21(18,19)17-13(2)14-7-5-4-6-8-14/h4-11,13,17H,1-3H3/t13-/m0/s1. The molecular formula is C16H19NO3S. The maximum atomic E-state index is 12.6. The second-order valence-electron chi connectivity index (χ2n) is 4.91. The van der Waals surface area contributed by atoms with E-state index in [1.165, 1.54) is 7.11 Å². The van der Waals surface area contributed by atoms with Gasteiger partial charge in [0.25, 0.3) is 0 Å². The lowest BCUT2D eigenvalue weighted by Gasteiger charge is -2.16. The molecular weight excluding hydrogens is 286 g/mol.